The maximum absolute atomic E-state index is 13.2. The Morgan fingerprint density at radius 2 is 2.21 bits per heavy atom. The largest absolute Gasteiger partial charge is 0.490 e. The minimum atomic E-state index is -0.684. The first-order valence-electron chi connectivity index (χ1n) is 4.23. The Bertz CT molecular complexity index is 368. The van der Waals surface area contributed by atoms with Gasteiger partial charge in [0, 0.05) is 30.2 Å². The third-order valence-electron chi connectivity index (χ3n) is 2.25. The van der Waals surface area contributed by atoms with Crippen molar-refractivity contribution in [3.8, 4) is 5.75 Å². The highest BCUT2D eigenvalue weighted by Crippen LogP contribution is 2.33. The Balaban J connectivity index is 2.54. The minimum absolute atomic E-state index is 0.0438. The number of hydrogen-bond donors (Lipinski definition) is 2. The van der Waals surface area contributed by atoms with Crippen molar-refractivity contribution < 1.29 is 18.7 Å². The summed E-state index contributed by atoms with van der Waals surface area (Å²) in [5, 5.41) is 8.49. The third kappa shape index (κ3) is 1.34. The zero-order valence-corrected chi connectivity index (χ0v) is 7.31. The predicted octanol–water partition coefficient (Wildman–Crippen LogP) is 1.38. The second kappa shape index (κ2) is 3.51. The second-order valence-corrected chi connectivity index (χ2v) is 3.06. The van der Waals surface area contributed by atoms with Crippen LogP contribution in [0.5, 0.6) is 5.75 Å². The molecular formula is C9H9F2NO2. The molecule has 1 aliphatic rings. The van der Waals surface area contributed by atoms with Crippen LogP contribution in [0.15, 0.2) is 6.07 Å². The van der Waals surface area contributed by atoms with Crippen molar-refractivity contribution in [1.82, 2.24) is 5.48 Å². The average Bonchev–Trinajstić information content (AvgIpc) is 2.60. The number of benzene rings is 1. The van der Waals surface area contributed by atoms with E-state index in [1.807, 2.05) is 5.48 Å². The van der Waals surface area contributed by atoms with Gasteiger partial charge in [0.15, 0.2) is 11.6 Å². The molecule has 5 heteroatoms. The van der Waals surface area contributed by atoms with E-state index in [9.17, 15) is 8.78 Å². The van der Waals surface area contributed by atoms with Crippen molar-refractivity contribution in [1.29, 1.82) is 0 Å². The number of rotatable bonds is 2. The highest BCUT2D eigenvalue weighted by atomic mass is 19.1. The van der Waals surface area contributed by atoms with Crippen LogP contribution >= 0.6 is 0 Å². The summed E-state index contributed by atoms with van der Waals surface area (Å²) in [5.74, 6) is -1.23. The normalized spacial score (nSPS) is 13.9. The minimum Gasteiger partial charge on any atom is -0.490 e. The molecule has 3 nitrogen and oxygen atoms in total. The van der Waals surface area contributed by atoms with Gasteiger partial charge in [-0.1, -0.05) is 0 Å². The van der Waals surface area contributed by atoms with Crippen LogP contribution in [0.25, 0.3) is 0 Å². The summed E-state index contributed by atoms with van der Waals surface area (Å²) in [6, 6.07) is 0.775. The Hall–Kier alpha value is -1.20. The van der Waals surface area contributed by atoms with Crippen molar-refractivity contribution in [3.63, 3.8) is 0 Å². The van der Waals surface area contributed by atoms with Gasteiger partial charge in [-0.2, -0.15) is 0 Å². The molecule has 1 aromatic carbocycles. The van der Waals surface area contributed by atoms with Gasteiger partial charge in [-0.05, 0) is 0 Å². The van der Waals surface area contributed by atoms with E-state index in [4.69, 9.17) is 9.94 Å². The topological polar surface area (TPSA) is 41.5 Å². The molecule has 0 unspecified atom stereocenters. The quantitative estimate of drug-likeness (QED) is 0.710. The van der Waals surface area contributed by atoms with E-state index in [1.54, 1.807) is 0 Å². The molecule has 2 N–H and O–H groups in total. The molecule has 0 fully saturated rings. The SMILES string of the molecule is ONCc1c(F)cc(F)c2c1CCO2. The zero-order chi connectivity index (χ0) is 10.1. The van der Waals surface area contributed by atoms with Crippen LogP contribution in [0.3, 0.4) is 0 Å². The molecule has 2 rings (SSSR count). The number of fused-ring (bicyclic) bond motifs is 1. The monoisotopic (exact) mass is 201 g/mol. The van der Waals surface area contributed by atoms with Crippen molar-refractivity contribution in [2.45, 2.75) is 13.0 Å². The lowest BCUT2D eigenvalue weighted by Crippen LogP contribution is -2.10. The summed E-state index contributed by atoms with van der Waals surface area (Å²) in [6.45, 7) is 0.311. The van der Waals surface area contributed by atoms with Gasteiger partial charge in [0.05, 0.1) is 6.61 Å². The molecule has 0 aromatic heterocycles. The van der Waals surface area contributed by atoms with E-state index in [2.05, 4.69) is 0 Å². The Morgan fingerprint density at radius 1 is 1.43 bits per heavy atom. The second-order valence-electron chi connectivity index (χ2n) is 3.06. The van der Waals surface area contributed by atoms with Crippen molar-refractivity contribution in [2.24, 2.45) is 0 Å². The molecule has 0 aliphatic carbocycles. The summed E-state index contributed by atoms with van der Waals surface area (Å²) in [5.41, 5.74) is 2.62. The van der Waals surface area contributed by atoms with Crippen LogP contribution in [0.4, 0.5) is 8.78 Å². The lowest BCUT2D eigenvalue weighted by Gasteiger charge is -2.08. The Kier molecular flexibility index (Phi) is 2.35. The van der Waals surface area contributed by atoms with Crippen LogP contribution in [0, 0.1) is 11.6 Å². The van der Waals surface area contributed by atoms with Gasteiger partial charge in [0.25, 0.3) is 0 Å². The molecule has 0 saturated carbocycles. The van der Waals surface area contributed by atoms with Gasteiger partial charge in [-0.15, -0.1) is 0 Å². The summed E-state index contributed by atoms with van der Waals surface area (Å²) < 4.78 is 31.4. The first-order valence-corrected chi connectivity index (χ1v) is 4.23. The van der Waals surface area contributed by atoms with E-state index < -0.39 is 11.6 Å². The maximum Gasteiger partial charge on any atom is 0.168 e. The molecule has 0 bridgehead atoms. The number of hydrogen-bond acceptors (Lipinski definition) is 3. The van der Waals surface area contributed by atoms with Crippen molar-refractivity contribution >= 4 is 0 Å². The van der Waals surface area contributed by atoms with Gasteiger partial charge < -0.3 is 9.94 Å². The number of halogens is 2. The van der Waals surface area contributed by atoms with Crippen molar-refractivity contribution in [3.05, 3.63) is 28.8 Å². The van der Waals surface area contributed by atoms with Crippen LogP contribution in [-0.4, -0.2) is 11.8 Å². The lowest BCUT2D eigenvalue weighted by atomic mass is 10.0. The average molecular weight is 201 g/mol. The molecule has 0 saturated heterocycles. The molecule has 1 aromatic rings. The van der Waals surface area contributed by atoms with E-state index in [0.717, 1.165) is 6.07 Å². The van der Waals surface area contributed by atoms with Gasteiger partial charge in [-0.3, -0.25) is 0 Å². The molecule has 0 amide bonds. The molecule has 76 valence electrons. The lowest BCUT2D eigenvalue weighted by molar-refractivity contribution is 0.159. The number of ether oxygens (including phenoxy) is 1. The molecule has 0 atom stereocenters. The van der Waals surface area contributed by atoms with Gasteiger partial charge in [0.1, 0.15) is 5.82 Å². The van der Waals surface area contributed by atoms with Gasteiger partial charge in [0.2, 0.25) is 0 Å². The molecule has 14 heavy (non-hydrogen) atoms. The van der Waals surface area contributed by atoms with Gasteiger partial charge in [-0.25, -0.2) is 14.3 Å². The Morgan fingerprint density at radius 3 is 2.93 bits per heavy atom. The summed E-state index contributed by atoms with van der Waals surface area (Å²) in [4.78, 5) is 0. The molecule has 0 spiro atoms. The fraction of sp³-hybridized carbons (Fsp3) is 0.333. The molecule has 1 aliphatic heterocycles. The van der Waals surface area contributed by atoms with Crippen LogP contribution in [-0.2, 0) is 13.0 Å². The third-order valence-corrected chi connectivity index (χ3v) is 2.25. The fourth-order valence-electron chi connectivity index (χ4n) is 1.64. The smallest absolute Gasteiger partial charge is 0.168 e. The first-order chi connectivity index (χ1) is 6.74. The number of nitrogens with one attached hydrogen (secondary N) is 1. The highest BCUT2D eigenvalue weighted by molar-refractivity contribution is 5.44. The summed E-state index contributed by atoms with van der Waals surface area (Å²) in [7, 11) is 0. The Labute approximate surface area is 79.3 Å². The van der Waals surface area contributed by atoms with Crippen LogP contribution in [0.2, 0.25) is 0 Å². The van der Waals surface area contributed by atoms with E-state index in [-0.39, 0.29) is 17.9 Å². The van der Waals surface area contributed by atoms with Crippen LogP contribution < -0.4 is 10.2 Å². The molecule has 0 radical (unpaired) electrons. The van der Waals surface area contributed by atoms with E-state index in [0.29, 0.717) is 18.6 Å². The standard InChI is InChI=1S/C9H9F2NO2/c10-7-3-8(11)9-5(1-2-14-9)6(7)4-12-13/h3,12-13H,1-2,4H2. The highest BCUT2D eigenvalue weighted by Gasteiger charge is 2.23. The predicted molar refractivity (Wildman–Crippen MR) is 44.2 cm³/mol. The van der Waals surface area contributed by atoms with E-state index >= 15 is 0 Å². The summed E-state index contributed by atoms with van der Waals surface area (Å²) >= 11 is 0. The van der Waals surface area contributed by atoms with E-state index in [1.165, 1.54) is 0 Å². The summed E-state index contributed by atoms with van der Waals surface area (Å²) in [6.07, 6.45) is 0.473. The molecule has 1 heterocycles. The van der Waals surface area contributed by atoms with Crippen molar-refractivity contribution in [2.75, 3.05) is 6.61 Å². The zero-order valence-electron chi connectivity index (χ0n) is 7.31. The molecular weight excluding hydrogens is 192 g/mol. The van der Waals surface area contributed by atoms with Crippen LogP contribution in [0.1, 0.15) is 11.1 Å². The fourth-order valence-corrected chi connectivity index (χ4v) is 1.64. The first kappa shape index (κ1) is 9.36. The van der Waals surface area contributed by atoms with Gasteiger partial charge >= 0.3 is 0 Å². The maximum atomic E-state index is 13.2. The number of hydroxylamine groups is 1.